The molecule has 0 fully saturated rings. The standard InChI is InChI=1S/C14H23ClN2/c1-4-13(5-2)17(3)10-12-7-6-11(9-16)8-14(12)15/h6-8,13H,4-5,9-10,16H2,1-3H3. The van der Waals surface area contributed by atoms with E-state index in [0.717, 1.165) is 17.1 Å². The molecule has 0 spiro atoms. The fourth-order valence-corrected chi connectivity index (χ4v) is 2.42. The summed E-state index contributed by atoms with van der Waals surface area (Å²) in [6.07, 6.45) is 2.34. The highest BCUT2D eigenvalue weighted by molar-refractivity contribution is 6.31. The molecule has 0 saturated heterocycles. The molecule has 2 N–H and O–H groups in total. The van der Waals surface area contributed by atoms with E-state index in [2.05, 4.69) is 37.9 Å². The van der Waals surface area contributed by atoms with Crippen LogP contribution in [0.3, 0.4) is 0 Å². The molecule has 1 rings (SSSR count). The van der Waals surface area contributed by atoms with Crippen LogP contribution in [-0.4, -0.2) is 18.0 Å². The first-order valence-electron chi connectivity index (χ1n) is 6.29. The van der Waals surface area contributed by atoms with Gasteiger partial charge in [0.1, 0.15) is 0 Å². The Balaban J connectivity index is 2.74. The van der Waals surface area contributed by atoms with Gasteiger partial charge >= 0.3 is 0 Å². The molecule has 0 bridgehead atoms. The third kappa shape index (κ3) is 3.98. The molecule has 1 aromatic carbocycles. The van der Waals surface area contributed by atoms with Gasteiger partial charge in [-0.2, -0.15) is 0 Å². The summed E-state index contributed by atoms with van der Waals surface area (Å²) in [5, 5.41) is 0.825. The van der Waals surface area contributed by atoms with Crippen molar-refractivity contribution in [3.05, 3.63) is 34.3 Å². The molecule has 1 aromatic rings. The molecule has 0 unspecified atom stereocenters. The van der Waals surface area contributed by atoms with Crippen LogP contribution in [0.1, 0.15) is 37.8 Å². The molecule has 0 aromatic heterocycles. The molecule has 96 valence electrons. The lowest BCUT2D eigenvalue weighted by Crippen LogP contribution is -2.30. The van der Waals surface area contributed by atoms with Crippen molar-refractivity contribution in [1.29, 1.82) is 0 Å². The molecule has 0 amide bonds. The fourth-order valence-electron chi connectivity index (χ4n) is 2.16. The van der Waals surface area contributed by atoms with Crippen molar-refractivity contribution in [2.24, 2.45) is 5.73 Å². The maximum absolute atomic E-state index is 6.26. The molecule has 0 heterocycles. The average molecular weight is 255 g/mol. The van der Waals surface area contributed by atoms with Gasteiger partial charge < -0.3 is 5.73 Å². The highest BCUT2D eigenvalue weighted by Gasteiger charge is 2.12. The third-order valence-corrected chi connectivity index (χ3v) is 3.69. The molecule has 0 aliphatic carbocycles. The summed E-state index contributed by atoms with van der Waals surface area (Å²) in [5.41, 5.74) is 7.86. The van der Waals surface area contributed by atoms with E-state index in [4.69, 9.17) is 17.3 Å². The second-order valence-electron chi connectivity index (χ2n) is 4.52. The molecule has 2 nitrogen and oxygen atoms in total. The zero-order chi connectivity index (χ0) is 12.8. The summed E-state index contributed by atoms with van der Waals surface area (Å²) in [7, 11) is 2.16. The first kappa shape index (κ1) is 14.5. The third-order valence-electron chi connectivity index (χ3n) is 3.34. The number of nitrogens with zero attached hydrogens (tertiary/aromatic N) is 1. The van der Waals surface area contributed by atoms with Gasteiger partial charge in [-0.1, -0.05) is 37.6 Å². The highest BCUT2D eigenvalue weighted by atomic mass is 35.5. The van der Waals surface area contributed by atoms with Crippen LogP contribution < -0.4 is 5.73 Å². The maximum atomic E-state index is 6.26. The number of rotatable bonds is 6. The summed E-state index contributed by atoms with van der Waals surface area (Å²) in [6.45, 7) is 5.89. The lowest BCUT2D eigenvalue weighted by molar-refractivity contribution is 0.222. The van der Waals surface area contributed by atoms with Crippen LogP contribution in [-0.2, 0) is 13.1 Å². The molecule has 3 heteroatoms. The van der Waals surface area contributed by atoms with Crippen molar-refractivity contribution in [2.75, 3.05) is 7.05 Å². The smallest absolute Gasteiger partial charge is 0.0454 e. The number of benzene rings is 1. The molecular weight excluding hydrogens is 232 g/mol. The lowest BCUT2D eigenvalue weighted by Gasteiger charge is -2.26. The summed E-state index contributed by atoms with van der Waals surface area (Å²) in [4.78, 5) is 2.36. The zero-order valence-electron chi connectivity index (χ0n) is 11.0. The van der Waals surface area contributed by atoms with E-state index in [0.29, 0.717) is 12.6 Å². The van der Waals surface area contributed by atoms with Gasteiger partial charge in [0.15, 0.2) is 0 Å². The number of halogens is 1. The predicted octanol–water partition coefficient (Wildman–Crippen LogP) is 3.42. The fraction of sp³-hybridized carbons (Fsp3) is 0.571. The van der Waals surface area contributed by atoms with Gasteiger partial charge in [-0.3, -0.25) is 4.90 Å². The Morgan fingerprint density at radius 2 is 1.94 bits per heavy atom. The number of nitrogens with two attached hydrogens (primary N) is 1. The summed E-state index contributed by atoms with van der Waals surface area (Å²) >= 11 is 6.26. The topological polar surface area (TPSA) is 29.3 Å². The minimum absolute atomic E-state index is 0.544. The molecular formula is C14H23ClN2. The number of hydrogen-bond donors (Lipinski definition) is 1. The Morgan fingerprint density at radius 3 is 2.41 bits per heavy atom. The van der Waals surface area contributed by atoms with Crippen LogP contribution in [0.4, 0.5) is 0 Å². The Labute approximate surface area is 110 Å². The van der Waals surface area contributed by atoms with E-state index in [1.54, 1.807) is 0 Å². The largest absolute Gasteiger partial charge is 0.326 e. The second kappa shape index (κ2) is 7.00. The molecule has 0 aliphatic rings. The van der Waals surface area contributed by atoms with E-state index in [1.807, 2.05) is 6.07 Å². The van der Waals surface area contributed by atoms with Crippen molar-refractivity contribution >= 4 is 11.6 Å². The van der Waals surface area contributed by atoms with Gasteiger partial charge in [0.25, 0.3) is 0 Å². The molecule has 0 atom stereocenters. The van der Waals surface area contributed by atoms with Crippen molar-refractivity contribution < 1.29 is 0 Å². The number of hydrogen-bond acceptors (Lipinski definition) is 2. The van der Waals surface area contributed by atoms with Crippen LogP contribution in [0.5, 0.6) is 0 Å². The monoisotopic (exact) mass is 254 g/mol. The zero-order valence-corrected chi connectivity index (χ0v) is 11.8. The van der Waals surface area contributed by atoms with Crippen LogP contribution in [0.15, 0.2) is 18.2 Å². The Morgan fingerprint density at radius 1 is 1.29 bits per heavy atom. The first-order chi connectivity index (χ1) is 8.12. The van der Waals surface area contributed by atoms with Crippen molar-refractivity contribution in [3.63, 3.8) is 0 Å². The lowest BCUT2D eigenvalue weighted by atomic mass is 10.1. The van der Waals surface area contributed by atoms with Crippen LogP contribution in [0.25, 0.3) is 0 Å². The Bertz CT molecular complexity index is 348. The molecule has 0 saturated carbocycles. The minimum Gasteiger partial charge on any atom is -0.326 e. The SMILES string of the molecule is CCC(CC)N(C)Cc1ccc(CN)cc1Cl. The quantitative estimate of drug-likeness (QED) is 0.843. The van der Waals surface area contributed by atoms with Crippen molar-refractivity contribution in [1.82, 2.24) is 4.90 Å². The summed E-state index contributed by atoms with van der Waals surface area (Å²) in [5.74, 6) is 0. The minimum atomic E-state index is 0.544. The van der Waals surface area contributed by atoms with Gasteiger partial charge in [0, 0.05) is 24.2 Å². The van der Waals surface area contributed by atoms with Crippen LogP contribution in [0.2, 0.25) is 5.02 Å². The average Bonchev–Trinajstić information content (AvgIpc) is 2.33. The van der Waals surface area contributed by atoms with E-state index in [1.165, 1.54) is 18.4 Å². The normalized spacial score (nSPS) is 11.5. The molecule has 17 heavy (non-hydrogen) atoms. The maximum Gasteiger partial charge on any atom is 0.0454 e. The summed E-state index contributed by atoms with van der Waals surface area (Å²) < 4.78 is 0. The van der Waals surface area contributed by atoms with E-state index in [-0.39, 0.29) is 0 Å². The van der Waals surface area contributed by atoms with Crippen LogP contribution in [0, 0.1) is 0 Å². The first-order valence-corrected chi connectivity index (χ1v) is 6.67. The van der Waals surface area contributed by atoms with Gasteiger partial charge in [-0.05, 0) is 37.1 Å². The van der Waals surface area contributed by atoms with Gasteiger partial charge in [0.05, 0.1) is 0 Å². The summed E-state index contributed by atoms with van der Waals surface area (Å²) in [6, 6.07) is 6.74. The van der Waals surface area contributed by atoms with Gasteiger partial charge in [-0.25, -0.2) is 0 Å². The van der Waals surface area contributed by atoms with Crippen molar-refractivity contribution in [3.8, 4) is 0 Å². The highest BCUT2D eigenvalue weighted by Crippen LogP contribution is 2.20. The Hall–Kier alpha value is -0.570. The Kier molecular flexibility index (Phi) is 5.96. The van der Waals surface area contributed by atoms with Gasteiger partial charge in [-0.15, -0.1) is 0 Å². The van der Waals surface area contributed by atoms with Crippen molar-refractivity contribution in [2.45, 2.75) is 45.8 Å². The predicted molar refractivity (Wildman–Crippen MR) is 75.2 cm³/mol. The van der Waals surface area contributed by atoms with E-state index < -0.39 is 0 Å². The van der Waals surface area contributed by atoms with E-state index in [9.17, 15) is 0 Å². The molecule has 0 aliphatic heterocycles. The van der Waals surface area contributed by atoms with E-state index >= 15 is 0 Å². The molecule has 0 radical (unpaired) electrons. The second-order valence-corrected chi connectivity index (χ2v) is 4.92. The van der Waals surface area contributed by atoms with Crippen LogP contribution >= 0.6 is 11.6 Å². The van der Waals surface area contributed by atoms with Gasteiger partial charge in [0.2, 0.25) is 0 Å².